The Morgan fingerprint density at radius 1 is 1.12 bits per heavy atom. The first-order valence-corrected chi connectivity index (χ1v) is 9.96. The molecular formula is C19H37IN4O. The van der Waals surface area contributed by atoms with Crippen molar-refractivity contribution in [3.8, 4) is 0 Å². The van der Waals surface area contributed by atoms with Crippen molar-refractivity contribution in [2.24, 2.45) is 22.7 Å². The van der Waals surface area contributed by atoms with E-state index in [-0.39, 0.29) is 24.0 Å². The van der Waals surface area contributed by atoms with Crippen LogP contribution in [0.15, 0.2) is 4.99 Å². The van der Waals surface area contributed by atoms with Gasteiger partial charge in [-0.1, -0.05) is 26.7 Å². The van der Waals surface area contributed by atoms with E-state index in [0.717, 1.165) is 50.6 Å². The molecule has 6 heteroatoms. The van der Waals surface area contributed by atoms with Gasteiger partial charge in [-0.25, -0.2) is 0 Å². The highest BCUT2D eigenvalue weighted by Gasteiger charge is 2.35. The lowest BCUT2D eigenvalue weighted by Gasteiger charge is -2.37. The quantitative estimate of drug-likeness (QED) is 0.395. The highest BCUT2D eigenvalue weighted by molar-refractivity contribution is 14.0. The van der Waals surface area contributed by atoms with Gasteiger partial charge in [-0.3, -0.25) is 9.89 Å². The lowest BCUT2D eigenvalue weighted by Crippen LogP contribution is -2.53. The number of aliphatic imine (C=N–C) groups is 1. The Morgan fingerprint density at radius 3 is 2.24 bits per heavy atom. The summed E-state index contributed by atoms with van der Waals surface area (Å²) in [5.41, 5.74) is 0. The number of hydrogen-bond donors (Lipinski definition) is 1. The van der Waals surface area contributed by atoms with Gasteiger partial charge in [0.25, 0.3) is 0 Å². The number of fused-ring (bicyclic) bond motifs is 1. The molecular weight excluding hydrogens is 427 g/mol. The van der Waals surface area contributed by atoms with Crippen LogP contribution in [0.5, 0.6) is 0 Å². The van der Waals surface area contributed by atoms with Crippen molar-refractivity contribution >= 4 is 29.9 Å². The summed E-state index contributed by atoms with van der Waals surface area (Å²) in [5.74, 6) is 3.55. The molecule has 0 spiro atoms. The zero-order valence-corrected chi connectivity index (χ0v) is 18.6. The van der Waals surface area contributed by atoms with E-state index >= 15 is 0 Å². The zero-order valence-electron chi connectivity index (χ0n) is 16.2. The fraction of sp³-hybridized carbons (Fsp3) is 0.947. The molecule has 5 nitrogen and oxygen atoms in total. The smallest absolute Gasteiger partial charge is 0.193 e. The molecule has 0 aromatic heterocycles. The zero-order chi connectivity index (χ0) is 16.9. The standard InChI is InChI=1S/C19H36N4O.HI/c1-15(2)18(22-8-10-24-11-9-22)12-21-19(20-3)23-13-16-6-4-5-7-17(16)14-23;/h15-18H,4-14H2,1-3H3,(H,20,21);1H. The molecule has 3 fully saturated rings. The number of likely N-dealkylation sites (tertiary alicyclic amines) is 1. The van der Waals surface area contributed by atoms with Crippen molar-refractivity contribution in [3.05, 3.63) is 0 Å². The number of nitrogens with one attached hydrogen (secondary N) is 1. The van der Waals surface area contributed by atoms with Gasteiger partial charge >= 0.3 is 0 Å². The molecule has 0 amide bonds. The summed E-state index contributed by atoms with van der Waals surface area (Å²) in [6, 6.07) is 0.551. The molecule has 3 rings (SSSR count). The normalized spacial score (nSPS) is 29.3. The van der Waals surface area contributed by atoms with E-state index in [1.807, 2.05) is 7.05 Å². The van der Waals surface area contributed by atoms with Crippen molar-refractivity contribution in [3.63, 3.8) is 0 Å². The maximum atomic E-state index is 5.52. The number of hydrogen-bond acceptors (Lipinski definition) is 3. The average Bonchev–Trinajstić information content (AvgIpc) is 3.03. The van der Waals surface area contributed by atoms with Crippen LogP contribution in [0.3, 0.4) is 0 Å². The molecule has 0 bridgehead atoms. The van der Waals surface area contributed by atoms with Crippen LogP contribution < -0.4 is 5.32 Å². The average molecular weight is 464 g/mol. The molecule has 1 N–H and O–H groups in total. The van der Waals surface area contributed by atoms with E-state index in [4.69, 9.17) is 4.74 Å². The van der Waals surface area contributed by atoms with E-state index in [1.54, 1.807) is 0 Å². The fourth-order valence-corrected chi connectivity index (χ4v) is 4.80. The molecule has 1 aliphatic carbocycles. The van der Waals surface area contributed by atoms with Crippen LogP contribution in [0.2, 0.25) is 0 Å². The van der Waals surface area contributed by atoms with E-state index < -0.39 is 0 Å². The van der Waals surface area contributed by atoms with Crippen LogP contribution in [0.4, 0.5) is 0 Å². The second-order valence-corrected chi connectivity index (χ2v) is 8.10. The minimum absolute atomic E-state index is 0. The Kier molecular flexibility index (Phi) is 8.75. The van der Waals surface area contributed by atoms with E-state index in [9.17, 15) is 0 Å². The third-order valence-corrected chi connectivity index (χ3v) is 6.24. The van der Waals surface area contributed by atoms with Gasteiger partial charge in [0.1, 0.15) is 0 Å². The third-order valence-electron chi connectivity index (χ3n) is 6.24. The molecule has 3 aliphatic rings. The Morgan fingerprint density at radius 2 is 1.72 bits per heavy atom. The molecule has 146 valence electrons. The van der Waals surface area contributed by atoms with Crippen LogP contribution in [-0.2, 0) is 4.74 Å². The first kappa shape index (κ1) is 21.2. The first-order valence-electron chi connectivity index (χ1n) is 9.96. The minimum Gasteiger partial charge on any atom is -0.379 e. The van der Waals surface area contributed by atoms with Gasteiger partial charge in [-0.05, 0) is 30.6 Å². The topological polar surface area (TPSA) is 40.1 Å². The summed E-state index contributed by atoms with van der Waals surface area (Å²) in [4.78, 5) is 9.69. The van der Waals surface area contributed by atoms with Gasteiger partial charge in [-0.15, -0.1) is 24.0 Å². The second kappa shape index (κ2) is 10.3. The maximum Gasteiger partial charge on any atom is 0.193 e. The summed E-state index contributed by atoms with van der Waals surface area (Å²) >= 11 is 0. The number of morpholine rings is 1. The summed E-state index contributed by atoms with van der Waals surface area (Å²) in [5, 5.41) is 3.69. The SMILES string of the molecule is CN=C(NCC(C(C)C)N1CCOCC1)N1CC2CCCCC2C1.I. The van der Waals surface area contributed by atoms with Gasteiger partial charge in [0.15, 0.2) is 5.96 Å². The van der Waals surface area contributed by atoms with Crippen molar-refractivity contribution in [2.45, 2.75) is 45.6 Å². The molecule has 2 heterocycles. The van der Waals surface area contributed by atoms with Crippen LogP contribution >= 0.6 is 24.0 Å². The second-order valence-electron chi connectivity index (χ2n) is 8.10. The van der Waals surface area contributed by atoms with Gasteiger partial charge in [0.2, 0.25) is 0 Å². The Hall–Kier alpha value is -0.0800. The van der Waals surface area contributed by atoms with Crippen molar-refractivity contribution in [2.75, 3.05) is 53.0 Å². The van der Waals surface area contributed by atoms with Gasteiger partial charge < -0.3 is 15.0 Å². The highest BCUT2D eigenvalue weighted by Crippen LogP contribution is 2.35. The molecule has 2 saturated heterocycles. The molecule has 2 aliphatic heterocycles. The molecule has 25 heavy (non-hydrogen) atoms. The summed E-state index contributed by atoms with van der Waals surface area (Å²) in [6.45, 7) is 11.9. The summed E-state index contributed by atoms with van der Waals surface area (Å²) < 4.78 is 5.52. The summed E-state index contributed by atoms with van der Waals surface area (Å²) in [6.07, 6.45) is 5.68. The summed E-state index contributed by atoms with van der Waals surface area (Å²) in [7, 11) is 1.93. The number of halogens is 1. The molecule has 3 unspecified atom stereocenters. The molecule has 0 aromatic carbocycles. The third kappa shape index (κ3) is 5.45. The lowest BCUT2D eigenvalue weighted by molar-refractivity contribution is 0.00741. The van der Waals surface area contributed by atoms with E-state index in [0.29, 0.717) is 12.0 Å². The largest absolute Gasteiger partial charge is 0.379 e. The Labute approximate surface area is 171 Å². The molecule has 3 atom stereocenters. The van der Waals surface area contributed by atoms with Crippen molar-refractivity contribution in [1.82, 2.24) is 15.1 Å². The molecule has 1 saturated carbocycles. The van der Waals surface area contributed by atoms with Crippen molar-refractivity contribution < 1.29 is 4.74 Å². The van der Waals surface area contributed by atoms with E-state index in [1.165, 1.54) is 38.8 Å². The van der Waals surface area contributed by atoms with Crippen molar-refractivity contribution in [1.29, 1.82) is 0 Å². The predicted molar refractivity (Wildman–Crippen MR) is 115 cm³/mol. The van der Waals surface area contributed by atoms with Gasteiger partial charge in [0, 0.05) is 45.8 Å². The van der Waals surface area contributed by atoms with Crippen LogP contribution in [0.1, 0.15) is 39.5 Å². The molecule has 0 radical (unpaired) electrons. The monoisotopic (exact) mass is 464 g/mol. The highest BCUT2D eigenvalue weighted by atomic mass is 127. The maximum absolute atomic E-state index is 5.52. The fourth-order valence-electron chi connectivity index (χ4n) is 4.80. The number of nitrogens with zero attached hydrogens (tertiary/aromatic N) is 3. The Balaban J connectivity index is 0.00000225. The van der Waals surface area contributed by atoms with Crippen LogP contribution in [0, 0.1) is 17.8 Å². The molecule has 0 aromatic rings. The van der Waals surface area contributed by atoms with Gasteiger partial charge in [0.05, 0.1) is 13.2 Å². The number of ether oxygens (including phenoxy) is 1. The minimum atomic E-state index is 0. The lowest BCUT2D eigenvalue weighted by atomic mass is 9.82. The predicted octanol–water partition coefficient (Wildman–Crippen LogP) is 2.66. The first-order chi connectivity index (χ1) is 11.7. The van der Waals surface area contributed by atoms with Crippen LogP contribution in [-0.4, -0.2) is 74.8 Å². The number of rotatable bonds is 4. The Bertz CT molecular complexity index is 412. The van der Waals surface area contributed by atoms with Gasteiger partial charge in [-0.2, -0.15) is 0 Å². The van der Waals surface area contributed by atoms with Crippen LogP contribution in [0.25, 0.3) is 0 Å². The number of guanidine groups is 1. The van der Waals surface area contributed by atoms with E-state index in [2.05, 4.69) is 34.0 Å².